The third-order valence-electron chi connectivity index (χ3n) is 3.42. The fraction of sp³-hybridized carbons (Fsp3) is 0. The van der Waals surface area contributed by atoms with Crippen LogP contribution in [0.4, 0.5) is 5.00 Å². The summed E-state index contributed by atoms with van der Waals surface area (Å²) in [6.07, 6.45) is 3.05. The first-order chi connectivity index (χ1) is 11.6. The summed E-state index contributed by atoms with van der Waals surface area (Å²) in [6, 6.07) is 8.40. The van der Waals surface area contributed by atoms with Gasteiger partial charge in [-0.05, 0) is 23.6 Å². The summed E-state index contributed by atoms with van der Waals surface area (Å²) in [5, 5.41) is 17.0. The van der Waals surface area contributed by atoms with E-state index in [1.54, 1.807) is 24.4 Å². The number of aromatic nitrogens is 3. The second kappa shape index (κ2) is 5.62. The Kier molecular flexibility index (Phi) is 3.44. The molecule has 24 heavy (non-hydrogen) atoms. The van der Waals surface area contributed by atoms with Crippen LogP contribution in [0.5, 0.6) is 0 Å². The van der Waals surface area contributed by atoms with Crippen molar-refractivity contribution in [2.24, 2.45) is 0 Å². The number of hydrogen-bond acceptors (Lipinski definition) is 7. The molecule has 0 saturated heterocycles. The first kappa shape index (κ1) is 14.7. The summed E-state index contributed by atoms with van der Waals surface area (Å²) >= 11 is 2.41. The highest BCUT2D eigenvalue weighted by Gasteiger charge is 2.19. The number of nitro groups is 1. The van der Waals surface area contributed by atoms with E-state index in [1.807, 2.05) is 11.4 Å². The number of fused-ring (bicyclic) bond motifs is 1. The summed E-state index contributed by atoms with van der Waals surface area (Å²) in [6.45, 7) is 0. The quantitative estimate of drug-likeness (QED) is 0.316. The molecule has 0 N–H and O–H groups in total. The van der Waals surface area contributed by atoms with Gasteiger partial charge in [-0.1, -0.05) is 17.4 Å². The minimum Gasteiger partial charge on any atom is -0.287 e. The summed E-state index contributed by atoms with van der Waals surface area (Å²) < 4.78 is 1.54. The van der Waals surface area contributed by atoms with Gasteiger partial charge in [0.2, 0.25) is 5.78 Å². The van der Waals surface area contributed by atoms with Gasteiger partial charge in [0, 0.05) is 12.3 Å². The molecule has 9 heteroatoms. The van der Waals surface area contributed by atoms with Crippen LogP contribution in [0.3, 0.4) is 0 Å². The van der Waals surface area contributed by atoms with E-state index in [-0.39, 0.29) is 10.8 Å². The van der Waals surface area contributed by atoms with Crippen LogP contribution in [-0.2, 0) is 0 Å². The standard InChI is InChI=1S/C15H8N4O3S2/c20-14(12-2-1-7-23-12)9-8-17-18-10(5-6-16-15(9)18)11-3-4-13(24-11)19(21)22/h1-8H. The number of thiophene rings is 2. The molecular weight excluding hydrogens is 348 g/mol. The Hall–Kier alpha value is -2.91. The predicted molar refractivity (Wildman–Crippen MR) is 90.7 cm³/mol. The second-order valence-electron chi connectivity index (χ2n) is 4.83. The van der Waals surface area contributed by atoms with Crippen molar-refractivity contribution < 1.29 is 9.72 Å². The van der Waals surface area contributed by atoms with Crippen LogP contribution in [-0.4, -0.2) is 25.3 Å². The molecule has 0 spiro atoms. The zero-order chi connectivity index (χ0) is 16.7. The molecule has 0 aliphatic carbocycles. The van der Waals surface area contributed by atoms with E-state index in [0.717, 1.165) is 11.3 Å². The fourth-order valence-corrected chi connectivity index (χ4v) is 3.85. The van der Waals surface area contributed by atoms with E-state index in [0.29, 0.717) is 26.7 Å². The molecule has 0 aliphatic heterocycles. The normalized spacial score (nSPS) is 11.0. The van der Waals surface area contributed by atoms with E-state index in [1.165, 1.54) is 28.1 Å². The van der Waals surface area contributed by atoms with Crippen molar-refractivity contribution in [1.82, 2.24) is 14.6 Å². The van der Waals surface area contributed by atoms with Gasteiger partial charge in [-0.15, -0.1) is 11.3 Å². The highest BCUT2D eigenvalue weighted by atomic mass is 32.1. The predicted octanol–water partition coefficient (Wildman–Crippen LogP) is 3.66. The Morgan fingerprint density at radius 2 is 2.12 bits per heavy atom. The monoisotopic (exact) mass is 356 g/mol. The molecule has 4 aromatic heterocycles. The van der Waals surface area contributed by atoms with Crippen LogP contribution in [0.2, 0.25) is 0 Å². The van der Waals surface area contributed by atoms with Crippen molar-refractivity contribution in [2.75, 3.05) is 0 Å². The molecule has 4 heterocycles. The zero-order valence-electron chi connectivity index (χ0n) is 11.9. The molecular formula is C15H8N4O3S2. The van der Waals surface area contributed by atoms with E-state index < -0.39 is 4.92 Å². The van der Waals surface area contributed by atoms with Gasteiger partial charge >= 0.3 is 5.00 Å². The van der Waals surface area contributed by atoms with E-state index in [9.17, 15) is 14.9 Å². The van der Waals surface area contributed by atoms with Gasteiger partial charge in [0.05, 0.1) is 32.1 Å². The van der Waals surface area contributed by atoms with Crippen LogP contribution < -0.4 is 0 Å². The zero-order valence-corrected chi connectivity index (χ0v) is 13.6. The van der Waals surface area contributed by atoms with Gasteiger partial charge in [-0.3, -0.25) is 14.9 Å². The summed E-state index contributed by atoms with van der Waals surface area (Å²) in [4.78, 5) is 28.6. The third-order valence-corrected chi connectivity index (χ3v) is 5.34. The lowest BCUT2D eigenvalue weighted by Gasteiger charge is -2.01. The molecule has 0 atom stereocenters. The molecule has 0 fully saturated rings. The Labute approximate surface area is 143 Å². The average Bonchev–Trinajstić information content (AvgIpc) is 3.32. The molecule has 0 bridgehead atoms. The maximum absolute atomic E-state index is 12.6. The van der Waals surface area contributed by atoms with Crippen LogP contribution in [0.15, 0.2) is 48.1 Å². The Balaban J connectivity index is 1.84. The highest BCUT2D eigenvalue weighted by molar-refractivity contribution is 7.18. The molecule has 0 aromatic carbocycles. The van der Waals surface area contributed by atoms with Crippen LogP contribution in [0, 0.1) is 10.1 Å². The minimum absolute atomic E-state index is 0.0528. The number of ketones is 1. The topological polar surface area (TPSA) is 90.4 Å². The maximum atomic E-state index is 12.6. The molecule has 4 aromatic rings. The number of carbonyl (C=O) groups excluding carboxylic acids is 1. The molecule has 0 saturated carbocycles. The van der Waals surface area contributed by atoms with Gasteiger partial charge in [0.1, 0.15) is 0 Å². The molecule has 0 aliphatic rings. The SMILES string of the molecule is O=C(c1cccs1)c1cnn2c(-c3ccc([N+](=O)[O-])s3)ccnc12. The van der Waals surface area contributed by atoms with Gasteiger partial charge in [0.25, 0.3) is 0 Å². The highest BCUT2D eigenvalue weighted by Crippen LogP contribution is 2.33. The van der Waals surface area contributed by atoms with Crippen molar-refractivity contribution >= 4 is 39.1 Å². The summed E-state index contributed by atoms with van der Waals surface area (Å²) in [5.41, 5.74) is 1.50. The van der Waals surface area contributed by atoms with Crippen molar-refractivity contribution in [2.45, 2.75) is 0 Å². The fourth-order valence-electron chi connectivity index (χ4n) is 2.34. The molecule has 7 nitrogen and oxygen atoms in total. The lowest BCUT2D eigenvalue weighted by molar-refractivity contribution is -0.380. The van der Waals surface area contributed by atoms with Crippen molar-refractivity contribution in [1.29, 1.82) is 0 Å². The summed E-state index contributed by atoms with van der Waals surface area (Å²) in [7, 11) is 0. The lowest BCUT2D eigenvalue weighted by Crippen LogP contribution is -2.00. The largest absolute Gasteiger partial charge is 0.324 e. The number of nitrogens with zero attached hydrogens (tertiary/aromatic N) is 4. The first-order valence-electron chi connectivity index (χ1n) is 6.80. The average molecular weight is 356 g/mol. The molecule has 118 valence electrons. The van der Waals surface area contributed by atoms with Crippen molar-refractivity contribution in [3.05, 3.63) is 68.7 Å². The Morgan fingerprint density at radius 1 is 1.25 bits per heavy atom. The van der Waals surface area contributed by atoms with E-state index >= 15 is 0 Å². The molecule has 0 unspecified atom stereocenters. The molecule has 0 radical (unpaired) electrons. The van der Waals surface area contributed by atoms with Gasteiger partial charge < -0.3 is 0 Å². The van der Waals surface area contributed by atoms with E-state index in [4.69, 9.17) is 0 Å². The van der Waals surface area contributed by atoms with Crippen molar-refractivity contribution in [3.8, 4) is 10.6 Å². The van der Waals surface area contributed by atoms with Gasteiger partial charge in [0.15, 0.2) is 5.65 Å². The molecule has 0 amide bonds. The maximum Gasteiger partial charge on any atom is 0.324 e. The molecule has 4 rings (SSSR count). The van der Waals surface area contributed by atoms with Gasteiger partial charge in [-0.25, -0.2) is 9.50 Å². The lowest BCUT2D eigenvalue weighted by atomic mass is 10.2. The number of carbonyl (C=O) groups is 1. The summed E-state index contributed by atoms with van der Waals surface area (Å²) in [5.74, 6) is -0.137. The van der Waals surface area contributed by atoms with Crippen LogP contribution in [0.25, 0.3) is 16.2 Å². The smallest absolute Gasteiger partial charge is 0.287 e. The second-order valence-corrected chi connectivity index (χ2v) is 6.84. The minimum atomic E-state index is -0.429. The van der Waals surface area contributed by atoms with Crippen LogP contribution in [0.1, 0.15) is 15.2 Å². The Morgan fingerprint density at radius 3 is 2.83 bits per heavy atom. The first-order valence-corrected chi connectivity index (χ1v) is 8.50. The number of rotatable bonds is 4. The van der Waals surface area contributed by atoms with Gasteiger partial charge in [-0.2, -0.15) is 5.10 Å². The third kappa shape index (κ3) is 2.30. The van der Waals surface area contributed by atoms with Crippen molar-refractivity contribution in [3.63, 3.8) is 0 Å². The van der Waals surface area contributed by atoms with E-state index in [2.05, 4.69) is 10.1 Å². The number of hydrogen-bond donors (Lipinski definition) is 0. The van der Waals surface area contributed by atoms with Crippen LogP contribution >= 0.6 is 22.7 Å². The Bertz CT molecular complexity index is 1070.